The Morgan fingerprint density at radius 2 is 2.23 bits per heavy atom. The van der Waals surface area contributed by atoms with Crippen molar-refractivity contribution in [3.05, 3.63) is 28.6 Å². The number of hydrogen-bond acceptors (Lipinski definition) is 6. The summed E-state index contributed by atoms with van der Waals surface area (Å²) in [5, 5.41) is 9.19. The molecule has 0 aromatic carbocycles. The predicted octanol–water partition coefficient (Wildman–Crippen LogP) is 1.12. The number of carboxylic acid groups (broad SMARTS) is 1. The molecule has 3 N–H and O–H groups in total. The molecule has 0 spiro atoms. The number of nitrogens with two attached hydrogens (primary N) is 1. The lowest BCUT2D eigenvalue weighted by Crippen LogP contribution is -2.46. The minimum absolute atomic E-state index is 0.0631. The molecule has 1 aromatic rings. The second kappa shape index (κ2) is 6.32. The van der Waals surface area contributed by atoms with Crippen LogP contribution in [0.5, 0.6) is 0 Å². The maximum atomic E-state index is 12.3. The standard InChI is InChI=1S/C13H12N2O5S2/c1-6-2-3-7(20-6)4-9-11(17)15(13(21)22-9)8(12(18)19)5-10(14)16/h2-4,8H,5H2,1H3,(H2,14,16)(H,18,19)/b9-4+. The van der Waals surface area contributed by atoms with Crippen LogP contribution in [0.4, 0.5) is 0 Å². The van der Waals surface area contributed by atoms with Gasteiger partial charge in [0.1, 0.15) is 21.9 Å². The Morgan fingerprint density at radius 3 is 2.73 bits per heavy atom. The van der Waals surface area contributed by atoms with E-state index in [1.54, 1.807) is 19.1 Å². The molecule has 1 fully saturated rings. The molecule has 1 atom stereocenters. The van der Waals surface area contributed by atoms with E-state index in [9.17, 15) is 19.5 Å². The summed E-state index contributed by atoms with van der Waals surface area (Å²) in [7, 11) is 0. The van der Waals surface area contributed by atoms with Gasteiger partial charge in [0, 0.05) is 6.08 Å². The van der Waals surface area contributed by atoms with Crippen molar-refractivity contribution in [3.63, 3.8) is 0 Å². The van der Waals surface area contributed by atoms with Gasteiger partial charge < -0.3 is 15.3 Å². The highest BCUT2D eigenvalue weighted by atomic mass is 32.2. The first-order valence-corrected chi connectivity index (χ1v) is 7.36. The minimum Gasteiger partial charge on any atom is -0.480 e. The largest absolute Gasteiger partial charge is 0.480 e. The van der Waals surface area contributed by atoms with Crippen molar-refractivity contribution in [1.29, 1.82) is 0 Å². The minimum atomic E-state index is -1.41. The molecule has 0 bridgehead atoms. The van der Waals surface area contributed by atoms with Gasteiger partial charge in [-0.2, -0.15) is 0 Å². The van der Waals surface area contributed by atoms with E-state index >= 15 is 0 Å². The normalized spacial score (nSPS) is 18.0. The van der Waals surface area contributed by atoms with Gasteiger partial charge in [0.2, 0.25) is 5.91 Å². The van der Waals surface area contributed by atoms with Crippen LogP contribution in [-0.4, -0.2) is 38.2 Å². The summed E-state index contributed by atoms with van der Waals surface area (Å²) in [6, 6.07) is 2.01. The second-order valence-corrected chi connectivity index (χ2v) is 6.20. The van der Waals surface area contributed by atoms with Crippen molar-refractivity contribution in [2.24, 2.45) is 5.73 Å². The molecule has 2 amide bonds. The summed E-state index contributed by atoms with van der Waals surface area (Å²) in [5.41, 5.74) is 5.03. The predicted molar refractivity (Wildman–Crippen MR) is 83.7 cm³/mol. The zero-order valence-electron chi connectivity index (χ0n) is 11.4. The number of aliphatic carboxylic acids is 1. The molecule has 1 aromatic heterocycles. The van der Waals surface area contributed by atoms with Crippen LogP contribution in [-0.2, 0) is 14.4 Å². The molecule has 1 saturated heterocycles. The fourth-order valence-corrected chi connectivity index (χ4v) is 3.23. The highest BCUT2D eigenvalue weighted by Crippen LogP contribution is 2.34. The van der Waals surface area contributed by atoms with Crippen molar-refractivity contribution < 1.29 is 23.9 Å². The maximum Gasteiger partial charge on any atom is 0.327 e. The molecule has 9 heteroatoms. The number of primary amides is 1. The number of amides is 2. The average molecular weight is 340 g/mol. The third-order valence-electron chi connectivity index (χ3n) is 2.85. The number of hydrogen-bond donors (Lipinski definition) is 2. The molecule has 2 rings (SSSR count). The van der Waals surface area contributed by atoms with Gasteiger partial charge in [-0.05, 0) is 19.1 Å². The van der Waals surface area contributed by atoms with Crippen molar-refractivity contribution >= 4 is 52.2 Å². The van der Waals surface area contributed by atoms with Crippen LogP contribution >= 0.6 is 24.0 Å². The molecular weight excluding hydrogens is 328 g/mol. The Labute approximate surface area is 135 Å². The summed E-state index contributed by atoms with van der Waals surface area (Å²) < 4.78 is 5.41. The monoisotopic (exact) mass is 340 g/mol. The van der Waals surface area contributed by atoms with Gasteiger partial charge in [0.25, 0.3) is 5.91 Å². The highest BCUT2D eigenvalue weighted by molar-refractivity contribution is 8.26. The maximum absolute atomic E-state index is 12.3. The summed E-state index contributed by atoms with van der Waals surface area (Å²) in [6.45, 7) is 1.76. The first kappa shape index (κ1) is 16.2. The molecule has 22 heavy (non-hydrogen) atoms. The molecule has 1 unspecified atom stereocenters. The fourth-order valence-electron chi connectivity index (χ4n) is 1.89. The van der Waals surface area contributed by atoms with E-state index in [4.69, 9.17) is 22.4 Å². The van der Waals surface area contributed by atoms with Gasteiger partial charge in [0.15, 0.2) is 0 Å². The second-order valence-electron chi connectivity index (χ2n) is 4.52. The Hall–Kier alpha value is -2.13. The molecule has 1 aliphatic rings. The van der Waals surface area contributed by atoms with Crippen LogP contribution in [0.25, 0.3) is 6.08 Å². The highest BCUT2D eigenvalue weighted by Gasteiger charge is 2.41. The lowest BCUT2D eigenvalue weighted by Gasteiger charge is -2.21. The van der Waals surface area contributed by atoms with Crippen LogP contribution in [0.3, 0.4) is 0 Å². The van der Waals surface area contributed by atoms with Crippen LogP contribution in [0.1, 0.15) is 17.9 Å². The van der Waals surface area contributed by atoms with Gasteiger partial charge in [0.05, 0.1) is 11.3 Å². The fraction of sp³-hybridized carbons (Fsp3) is 0.231. The van der Waals surface area contributed by atoms with Crippen molar-refractivity contribution in [2.45, 2.75) is 19.4 Å². The first-order valence-electron chi connectivity index (χ1n) is 6.14. The summed E-state index contributed by atoms with van der Waals surface area (Å²) >= 11 is 6.00. The third-order valence-corrected chi connectivity index (χ3v) is 4.18. The number of thioether (sulfide) groups is 1. The van der Waals surface area contributed by atoms with Crippen molar-refractivity contribution in [1.82, 2.24) is 4.90 Å². The number of carbonyl (C=O) groups excluding carboxylic acids is 2. The van der Waals surface area contributed by atoms with E-state index in [1.165, 1.54) is 6.08 Å². The van der Waals surface area contributed by atoms with Gasteiger partial charge >= 0.3 is 5.97 Å². The van der Waals surface area contributed by atoms with Gasteiger partial charge in [-0.25, -0.2) is 4.79 Å². The topological polar surface area (TPSA) is 114 Å². The molecule has 2 heterocycles. The molecule has 7 nitrogen and oxygen atoms in total. The van der Waals surface area contributed by atoms with Crippen molar-refractivity contribution in [3.8, 4) is 0 Å². The van der Waals surface area contributed by atoms with Crippen LogP contribution in [0.2, 0.25) is 0 Å². The summed E-state index contributed by atoms with van der Waals surface area (Å²) in [6.07, 6.45) is 0.977. The van der Waals surface area contributed by atoms with E-state index in [0.717, 1.165) is 16.7 Å². The average Bonchev–Trinajstić information content (AvgIpc) is 2.92. The number of thiocarbonyl (C=S) groups is 1. The van der Waals surface area contributed by atoms with Gasteiger partial charge in [-0.1, -0.05) is 24.0 Å². The summed E-state index contributed by atoms with van der Waals surface area (Å²) in [5.74, 6) is -1.62. The Morgan fingerprint density at radius 1 is 1.55 bits per heavy atom. The quantitative estimate of drug-likeness (QED) is 0.610. The van der Waals surface area contributed by atoms with E-state index in [1.807, 2.05) is 0 Å². The number of rotatable bonds is 5. The SMILES string of the molecule is Cc1ccc(/C=C2/SC(=S)N(C(CC(N)=O)C(=O)O)C2=O)o1. The zero-order valence-corrected chi connectivity index (χ0v) is 13.1. The third kappa shape index (κ3) is 3.37. The number of carbonyl (C=O) groups is 3. The van der Waals surface area contributed by atoms with E-state index in [0.29, 0.717) is 11.5 Å². The summed E-state index contributed by atoms with van der Waals surface area (Å²) in [4.78, 5) is 35.7. The van der Waals surface area contributed by atoms with Crippen LogP contribution in [0, 0.1) is 6.92 Å². The molecule has 0 saturated carbocycles. The smallest absolute Gasteiger partial charge is 0.327 e. The molecule has 0 aliphatic carbocycles. The lowest BCUT2D eigenvalue weighted by molar-refractivity contribution is -0.146. The Kier molecular flexibility index (Phi) is 4.67. The zero-order chi connectivity index (χ0) is 16.4. The molecular formula is C13H12N2O5S2. The van der Waals surface area contributed by atoms with Crippen molar-refractivity contribution in [2.75, 3.05) is 0 Å². The molecule has 1 aliphatic heterocycles. The van der Waals surface area contributed by atoms with Crippen LogP contribution in [0.15, 0.2) is 21.5 Å². The van der Waals surface area contributed by atoms with E-state index in [2.05, 4.69) is 0 Å². The van der Waals surface area contributed by atoms with E-state index in [-0.39, 0.29) is 9.23 Å². The van der Waals surface area contributed by atoms with E-state index < -0.39 is 30.2 Å². The van der Waals surface area contributed by atoms with Crippen LogP contribution < -0.4 is 5.73 Å². The van der Waals surface area contributed by atoms with Gasteiger partial charge in [-0.15, -0.1) is 0 Å². The Bertz CT molecular complexity index is 694. The number of furan rings is 1. The number of aryl methyl sites for hydroxylation is 1. The number of nitrogens with zero attached hydrogens (tertiary/aromatic N) is 1. The molecule has 0 radical (unpaired) electrons. The molecule has 116 valence electrons. The number of carboxylic acids is 1. The lowest BCUT2D eigenvalue weighted by atomic mass is 10.1. The van der Waals surface area contributed by atoms with Gasteiger partial charge in [-0.3, -0.25) is 14.5 Å². The Balaban J connectivity index is 2.29. The first-order chi connectivity index (χ1) is 10.3.